The molecule has 8 heteroatoms. The van der Waals surface area contributed by atoms with Gasteiger partial charge in [0, 0.05) is 5.25 Å². The van der Waals surface area contributed by atoms with Gasteiger partial charge in [0.05, 0.1) is 21.1 Å². The predicted octanol–water partition coefficient (Wildman–Crippen LogP) is 3.38. The third-order valence-corrected chi connectivity index (χ3v) is 6.48. The number of hydrogen-bond acceptors (Lipinski definition) is 5. The van der Waals surface area contributed by atoms with Gasteiger partial charge in [0.2, 0.25) is 10.0 Å². The number of imide groups is 1. The topological polar surface area (TPSA) is 97.5 Å². The highest BCUT2D eigenvalue weighted by Gasteiger charge is 2.41. The van der Waals surface area contributed by atoms with Gasteiger partial charge in [-0.3, -0.25) is 9.59 Å². The molecule has 0 spiro atoms. The predicted molar refractivity (Wildman–Crippen MR) is 116 cm³/mol. The molecule has 0 saturated carbocycles. The number of hydrogen-bond donors (Lipinski definition) is 1. The number of nitrogens with two attached hydrogens (primary N) is 1. The number of nitrogens with zero attached hydrogens (tertiary/aromatic N) is 1. The zero-order chi connectivity index (χ0) is 21.5. The quantitative estimate of drug-likeness (QED) is 0.734. The Morgan fingerprint density at radius 3 is 2.10 bits per heavy atom. The Morgan fingerprint density at radius 2 is 1.59 bits per heavy atom. The second kappa shape index (κ2) is 7.78. The highest BCUT2D eigenvalue weighted by molar-refractivity contribution is 8.04. The number of amides is 2. The third kappa shape index (κ3) is 4.14. The van der Waals surface area contributed by atoms with E-state index in [1.807, 2.05) is 45.9 Å². The Hall–Kier alpha value is -2.42. The number of benzene rings is 2. The number of aryl methyl sites for hydroxylation is 2. The van der Waals surface area contributed by atoms with Gasteiger partial charge in [0.15, 0.2) is 0 Å². The molecule has 2 aromatic carbocycles. The fourth-order valence-electron chi connectivity index (χ4n) is 3.21. The summed E-state index contributed by atoms with van der Waals surface area (Å²) >= 11 is 1.35. The van der Waals surface area contributed by atoms with Gasteiger partial charge >= 0.3 is 0 Å². The van der Waals surface area contributed by atoms with E-state index in [9.17, 15) is 18.0 Å². The van der Waals surface area contributed by atoms with Crippen LogP contribution in [0.15, 0.2) is 52.3 Å². The van der Waals surface area contributed by atoms with E-state index in [1.165, 1.54) is 36.0 Å². The van der Waals surface area contributed by atoms with Crippen molar-refractivity contribution in [3.63, 3.8) is 0 Å². The van der Waals surface area contributed by atoms with E-state index < -0.39 is 21.8 Å². The summed E-state index contributed by atoms with van der Waals surface area (Å²) in [5.41, 5.74) is 3.38. The normalized spacial score (nSPS) is 15.0. The van der Waals surface area contributed by atoms with E-state index in [4.69, 9.17) is 5.14 Å². The van der Waals surface area contributed by atoms with Crippen LogP contribution in [0.4, 0.5) is 5.69 Å². The molecule has 2 amide bonds. The van der Waals surface area contributed by atoms with Crippen LogP contribution in [0.2, 0.25) is 0 Å². The second-order valence-electron chi connectivity index (χ2n) is 7.17. The highest BCUT2D eigenvalue weighted by atomic mass is 32.2. The second-order valence-corrected chi connectivity index (χ2v) is 10.3. The lowest BCUT2D eigenvalue weighted by atomic mass is 9.99. The first-order valence-electron chi connectivity index (χ1n) is 9.01. The maximum Gasteiger partial charge on any atom is 0.272 e. The van der Waals surface area contributed by atoms with Gasteiger partial charge in [-0.2, -0.15) is 0 Å². The van der Waals surface area contributed by atoms with Crippen LogP contribution in [0.5, 0.6) is 0 Å². The molecule has 2 aromatic rings. The molecule has 0 fully saturated rings. The Balaban J connectivity index is 2.11. The first kappa shape index (κ1) is 21.3. The van der Waals surface area contributed by atoms with E-state index in [-0.39, 0.29) is 10.1 Å². The van der Waals surface area contributed by atoms with Crippen LogP contribution in [-0.2, 0) is 19.6 Å². The first-order chi connectivity index (χ1) is 13.5. The molecule has 0 saturated heterocycles. The summed E-state index contributed by atoms with van der Waals surface area (Å²) < 4.78 is 23.0. The molecule has 0 bridgehead atoms. The summed E-state index contributed by atoms with van der Waals surface area (Å²) in [6.45, 7) is 7.79. The van der Waals surface area contributed by atoms with Gasteiger partial charge in [-0.15, -0.1) is 11.8 Å². The summed E-state index contributed by atoms with van der Waals surface area (Å²) in [6, 6.07) is 11.1. The summed E-state index contributed by atoms with van der Waals surface area (Å²) in [5.74, 6) is -0.833. The van der Waals surface area contributed by atoms with Crippen molar-refractivity contribution in [3.05, 3.63) is 64.1 Å². The van der Waals surface area contributed by atoms with E-state index in [0.717, 1.165) is 21.6 Å². The van der Waals surface area contributed by atoms with Gasteiger partial charge in [0.25, 0.3) is 11.8 Å². The molecule has 2 N–H and O–H groups in total. The van der Waals surface area contributed by atoms with Gasteiger partial charge in [-0.1, -0.05) is 37.6 Å². The molecule has 1 aliphatic heterocycles. The molecular formula is C21H22N2O4S2. The Kier molecular flexibility index (Phi) is 5.71. The Morgan fingerprint density at radius 1 is 0.966 bits per heavy atom. The Bertz CT molecular complexity index is 1130. The van der Waals surface area contributed by atoms with E-state index in [0.29, 0.717) is 16.2 Å². The lowest BCUT2D eigenvalue weighted by molar-refractivity contribution is -0.119. The summed E-state index contributed by atoms with van der Waals surface area (Å²) in [7, 11) is -3.86. The first-order valence-corrected chi connectivity index (χ1v) is 11.4. The smallest absolute Gasteiger partial charge is 0.268 e. The summed E-state index contributed by atoms with van der Waals surface area (Å²) in [5, 5.41) is 5.24. The molecule has 152 valence electrons. The van der Waals surface area contributed by atoms with Gasteiger partial charge in [-0.25, -0.2) is 18.5 Å². The van der Waals surface area contributed by atoms with Crippen LogP contribution >= 0.6 is 11.8 Å². The van der Waals surface area contributed by atoms with Crippen molar-refractivity contribution in [2.24, 2.45) is 5.14 Å². The highest BCUT2D eigenvalue weighted by Crippen LogP contribution is 2.40. The molecule has 6 nitrogen and oxygen atoms in total. The lowest BCUT2D eigenvalue weighted by Crippen LogP contribution is -2.31. The molecule has 0 unspecified atom stereocenters. The zero-order valence-corrected chi connectivity index (χ0v) is 18.2. The minimum Gasteiger partial charge on any atom is -0.268 e. The zero-order valence-electron chi connectivity index (χ0n) is 16.6. The van der Waals surface area contributed by atoms with Gasteiger partial charge in [-0.05, 0) is 49.2 Å². The molecule has 0 radical (unpaired) electrons. The maximum absolute atomic E-state index is 13.3. The number of rotatable bonds is 5. The molecule has 0 aliphatic carbocycles. The fraction of sp³-hybridized carbons (Fsp3) is 0.238. The van der Waals surface area contributed by atoms with Crippen LogP contribution in [0.1, 0.15) is 30.5 Å². The van der Waals surface area contributed by atoms with Crippen molar-refractivity contribution < 1.29 is 18.0 Å². The number of carbonyl (C=O) groups is 2. The van der Waals surface area contributed by atoms with Crippen LogP contribution in [-0.4, -0.2) is 25.5 Å². The van der Waals surface area contributed by atoms with E-state index in [1.54, 1.807) is 0 Å². The Labute approximate surface area is 174 Å². The van der Waals surface area contributed by atoms with Crippen LogP contribution in [0.3, 0.4) is 0 Å². The van der Waals surface area contributed by atoms with Crippen molar-refractivity contribution in [1.29, 1.82) is 0 Å². The molecule has 0 aromatic heterocycles. The largest absolute Gasteiger partial charge is 0.272 e. The number of thioether (sulfide) groups is 1. The van der Waals surface area contributed by atoms with Gasteiger partial charge < -0.3 is 0 Å². The van der Waals surface area contributed by atoms with Crippen molar-refractivity contribution in [1.82, 2.24) is 0 Å². The minimum absolute atomic E-state index is 0.0836. The van der Waals surface area contributed by atoms with Gasteiger partial charge in [0.1, 0.15) is 0 Å². The third-order valence-electron chi connectivity index (χ3n) is 4.47. The van der Waals surface area contributed by atoms with Crippen molar-refractivity contribution in [2.45, 2.75) is 37.8 Å². The van der Waals surface area contributed by atoms with Crippen LogP contribution < -0.4 is 10.0 Å². The van der Waals surface area contributed by atoms with Crippen molar-refractivity contribution >= 4 is 44.9 Å². The molecule has 29 heavy (non-hydrogen) atoms. The number of carbonyl (C=O) groups excluding carboxylic acids is 2. The molecule has 1 heterocycles. The number of anilines is 1. The average Bonchev–Trinajstić information content (AvgIpc) is 2.84. The molecule has 3 rings (SSSR count). The standard InChI is InChI=1S/C21H22N2O4S2/c1-12(2)28-19-18(17-10-5-13(3)11-14(17)4)20(24)23(21(19)25)15-6-8-16(9-7-15)29(22,26)27/h5-12H,1-4H3,(H2,22,26,27). The van der Waals surface area contributed by atoms with Crippen LogP contribution in [0.25, 0.3) is 5.57 Å². The molecule has 1 aliphatic rings. The van der Waals surface area contributed by atoms with E-state index >= 15 is 0 Å². The lowest BCUT2D eigenvalue weighted by Gasteiger charge is -2.16. The molecule has 0 atom stereocenters. The molecular weight excluding hydrogens is 408 g/mol. The average molecular weight is 431 g/mol. The minimum atomic E-state index is -3.86. The van der Waals surface area contributed by atoms with Crippen molar-refractivity contribution in [3.8, 4) is 0 Å². The number of sulfonamides is 1. The fourth-order valence-corrected chi connectivity index (χ4v) is 4.70. The maximum atomic E-state index is 13.3. The monoisotopic (exact) mass is 430 g/mol. The van der Waals surface area contributed by atoms with Crippen LogP contribution in [0, 0.1) is 13.8 Å². The van der Waals surface area contributed by atoms with E-state index in [2.05, 4.69) is 0 Å². The summed E-state index contributed by atoms with van der Waals surface area (Å²) in [4.78, 5) is 27.9. The summed E-state index contributed by atoms with van der Waals surface area (Å²) in [6.07, 6.45) is 0. The number of primary sulfonamides is 1. The van der Waals surface area contributed by atoms with Crippen molar-refractivity contribution in [2.75, 3.05) is 4.90 Å². The SMILES string of the molecule is Cc1ccc(C2=C(SC(C)C)C(=O)N(c3ccc(S(N)(=O)=O)cc3)C2=O)c(C)c1.